The van der Waals surface area contributed by atoms with E-state index in [0.29, 0.717) is 41.8 Å². The van der Waals surface area contributed by atoms with E-state index in [1.807, 2.05) is 0 Å². The van der Waals surface area contributed by atoms with E-state index in [4.69, 9.17) is 16.3 Å². The van der Waals surface area contributed by atoms with Crippen LogP contribution in [0.4, 0.5) is 10.2 Å². The first kappa shape index (κ1) is 16.2. The van der Waals surface area contributed by atoms with Crippen LogP contribution < -0.4 is 9.64 Å². The van der Waals surface area contributed by atoms with Gasteiger partial charge in [-0.2, -0.15) is 10.1 Å². The van der Waals surface area contributed by atoms with Crippen molar-refractivity contribution in [2.24, 2.45) is 5.10 Å². The van der Waals surface area contributed by atoms with E-state index in [2.05, 4.69) is 10.1 Å². The van der Waals surface area contributed by atoms with Crippen molar-refractivity contribution in [1.29, 1.82) is 0 Å². The monoisotopic (exact) mass is 348 g/mol. The van der Waals surface area contributed by atoms with Crippen molar-refractivity contribution in [2.75, 3.05) is 18.0 Å². The maximum Gasteiger partial charge on any atom is 0.229 e. The number of ether oxygens (including phenoxy) is 1. The molecule has 8 heteroatoms. The van der Waals surface area contributed by atoms with Crippen molar-refractivity contribution in [3.8, 4) is 5.88 Å². The number of amides is 1. The summed E-state index contributed by atoms with van der Waals surface area (Å²) in [5.74, 6) is 0.585. The lowest BCUT2D eigenvalue weighted by Crippen LogP contribution is -2.37. The van der Waals surface area contributed by atoms with Gasteiger partial charge in [-0.05, 0) is 18.2 Å². The van der Waals surface area contributed by atoms with Crippen LogP contribution in [0.5, 0.6) is 5.88 Å². The Kier molecular flexibility index (Phi) is 4.90. The van der Waals surface area contributed by atoms with E-state index >= 15 is 0 Å². The highest BCUT2D eigenvalue weighted by Crippen LogP contribution is 2.19. The van der Waals surface area contributed by atoms with Crippen LogP contribution >= 0.6 is 11.6 Å². The van der Waals surface area contributed by atoms with E-state index in [-0.39, 0.29) is 6.61 Å². The quantitative estimate of drug-likeness (QED) is 0.779. The summed E-state index contributed by atoms with van der Waals surface area (Å²) in [6, 6.07) is 9.71. The zero-order valence-electron chi connectivity index (χ0n) is 12.6. The van der Waals surface area contributed by atoms with Gasteiger partial charge in [0, 0.05) is 23.2 Å². The second kappa shape index (κ2) is 7.27. The largest absolute Gasteiger partial charge is 0.473 e. The zero-order chi connectivity index (χ0) is 16.9. The Balaban J connectivity index is 1.68. The maximum atomic E-state index is 13.7. The first-order chi connectivity index (χ1) is 11.7. The lowest BCUT2D eigenvalue weighted by molar-refractivity contribution is -0.118. The number of carbonyl (C=O) groups excluding carboxylic acids is 1. The zero-order valence-corrected chi connectivity index (χ0v) is 13.4. The molecule has 1 aliphatic rings. The summed E-state index contributed by atoms with van der Waals surface area (Å²) in [5, 5.41) is 5.62. The van der Waals surface area contributed by atoms with Crippen LogP contribution in [-0.4, -0.2) is 35.8 Å². The van der Waals surface area contributed by atoms with E-state index in [9.17, 15) is 9.18 Å². The van der Waals surface area contributed by atoms with E-state index in [1.54, 1.807) is 35.2 Å². The standard InChI is InChI=1S/C16H14ClFN4O2/c17-13-5-4-12(14(18)8-13)9-24-16-3-1-2-15(20-16)21-6-7-22(11-23)19-10-21/h1-5,8,10-11H,6-7,9H2. The maximum absolute atomic E-state index is 13.7. The number of nitrogens with zero attached hydrogens (tertiary/aromatic N) is 4. The van der Waals surface area contributed by atoms with Crippen LogP contribution in [0, 0.1) is 5.82 Å². The molecular weight excluding hydrogens is 335 g/mol. The van der Waals surface area contributed by atoms with Gasteiger partial charge >= 0.3 is 0 Å². The van der Waals surface area contributed by atoms with Crippen molar-refractivity contribution in [1.82, 2.24) is 9.99 Å². The summed E-state index contributed by atoms with van der Waals surface area (Å²) in [7, 11) is 0. The summed E-state index contributed by atoms with van der Waals surface area (Å²) in [5.41, 5.74) is 0.396. The molecule has 0 bridgehead atoms. The molecule has 124 valence electrons. The van der Waals surface area contributed by atoms with Gasteiger partial charge in [0.2, 0.25) is 12.3 Å². The molecule has 6 nitrogen and oxygen atoms in total. The van der Waals surface area contributed by atoms with Gasteiger partial charge in [-0.3, -0.25) is 4.79 Å². The van der Waals surface area contributed by atoms with Crippen LogP contribution in [0.2, 0.25) is 5.02 Å². The van der Waals surface area contributed by atoms with Crippen molar-refractivity contribution in [3.05, 3.63) is 52.8 Å². The molecule has 1 amide bonds. The summed E-state index contributed by atoms with van der Waals surface area (Å²) in [6.45, 7) is 1.10. The molecule has 3 rings (SSSR count). The molecule has 0 saturated heterocycles. The van der Waals surface area contributed by atoms with E-state index < -0.39 is 5.82 Å². The SMILES string of the molecule is O=CN1CCN(c2cccc(OCc3ccc(Cl)cc3F)n2)C=N1. The Morgan fingerprint density at radius 3 is 2.88 bits per heavy atom. The fourth-order valence-corrected chi connectivity index (χ4v) is 2.30. The predicted molar refractivity (Wildman–Crippen MR) is 88.6 cm³/mol. The number of pyridine rings is 1. The Morgan fingerprint density at radius 2 is 2.17 bits per heavy atom. The summed E-state index contributed by atoms with van der Waals surface area (Å²) < 4.78 is 19.3. The minimum atomic E-state index is -0.421. The normalized spacial score (nSPS) is 13.9. The first-order valence-corrected chi connectivity index (χ1v) is 7.60. The molecule has 1 aromatic carbocycles. The lowest BCUT2D eigenvalue weighted by atomic mass is 10.2. The second-order valence-electron chi connectivity index (χ2n) is 5.05. The number of carbonyl (C=O) groups is 1. The highest BCUT2D eigenvalue weighted by molar-refractivity contribution is 6.30. The molecule has 0 unspecified atom stereocenters. The number of halogens is 2. The smallest absolute Gasteiger partial charge is 0.229 e. The molecule has 1 aliphatic heterocycles. The first-order valence-electron chi connectivity index (χ1n) is 7.22. The Labute approximate surface area is 143 Å². The molecular formula is C16H14ClFN4O2. The molecule has 1 aromatic heterocycles. The Hall–Kier alpha value is -2.67. The van der Waals surface area contributed by atoms with Gasteiger partial charge in [-0.25, -0.2) is 9.40 Å². The minimum absolute atomic E-state index is 0.0481. The van der Waals surface area contributed by atoms with Gasteiger partial charge in [0.1, 0.15) is 24.6 Å². The van der Waals surface area contributed by atoms with E-state index in [0.717, 1.165) is 0 Å². The summed E-state index contributed by atoms with van der Waals surface area (Å²) >= 11 is 5.73. The Bertz CT molecular complexity index is 771. The number of hydrazone groups is 1. The van der Waals surface area contributed by atoms with Crippen molar-refractivity contribution < 1.29 is 13.9 Å². The van der Waals surface area contributed by atoms with Gasteiger partial charge in [-0.1, -0.05) is 23.7 Å². The third-order valence-electron chi connectivity index (χ3n) is 3.42. The molecule has 0 radical (unpaired) electrons. The lowest BCUT2D eigenvalue weighted by Gasteiger charge is -2.25. The van der Waals surface area contributed by atoms with Crippen LogP contribution in [0.3, 0.4) is 0 Å². The van der Waals surface area contributed by atoms with Gasteiger partial charge in [-0.15, -0.1) is 0 Å². The van der Waals surface area contributed by atoms with Gasteiger partial charge in [0.05, 0.1) is 6.54 Å². The highest BCUT2D eigenvalue weighted by Gasteiger charge is 2.13. The fourth-order valence-electron chi connectivity index (χ4n) is 2.14. The van der Waals surface area contributed by atoms with Crippen LogP contribution in [0.15, 0.2) is 41.5 Å². The van der Waals surface area contributed by atoms with Gasteiger partial charge in [0.15, 0.2) is 0 Å². The third-order valence-corrected chi connectivity index (χ3v) is 3.66. The van der Waals surface area contributed by atoms with Crippen molar-refractivity contribution in [2.45, 2.75) is 6.61 Å². The number of benzene rings is 1. The van der Waals surface area contributed by atoms with Crippen molar-refractivity contribution >= 4 is 30.2 Å². The molecule has 2 aromatic rings. The number of hydrogen-bond donors (Lipinski definition) is 0. The minimum Gasteiger partial charge on any atom is -0.473 e. The van der Waals surface area contributed by atoms with Crippen molar-refractivity contribution in [3.63, 3.8) is 0 Å². The fraction of sp³-hybridized carbons (Fsp3) is 0.188. The summed E-state index contributed by atoms with van der Waals surface area (Å²) in [4.78, 5) is 16.8. The van der Waals surface area contributed by atoms with Crippen LogP contribution in [-0.2, 0) is 11.4 Å². The molecule has 2 heterocycles. The predicted octanol–water partition coefficient (Wildman–Crippen LogP) is 2.67. The number of anilines is 1. The van der Waals surface area contributed by atoms with Crippen LogP contribution in [0.1, 0.15) is 5.56 Å². The number of hydrogen-bond acceptors (Lipinski definition) is 5. The van der Waals surface area contributed by atoms with Crippen LogP contribution in [0.25, 0.3) is 0 Å². The topological polar surface area (TPSA) is 58.0 Å². The molecule has 0 N–H and O–H groups in total. The number of aromatic nitrogens is 1. The Morgan fingerprint density at radius 1 is 1.29 bits per heavy atom. The van der Waals surface area contributed by atoms with E-state index in [1.165, 1.54) is 17.4 Å². The average molecular weight is 349 g/mol. The molecule has 24 heavy (non-hydrogen) atoms. The van der Waals surface area contributed by atoms with Gasteiger partial charge in [0.25, 0.3) is 0 Å². The molecule has 0 atom stereocenters. The molecule has 0 aliphatic carbocycles. The average Bonchev–Trinajstić information content (AvgIpc) is 2.61. The molecule has 0 spiro atoms. The molecule has 0 fully saturated rings. The number of rotatable bonds is 5. The summed E-state index contributed by atoms with van der Waals surface area (Å²) in [6.07, 6.45) is 2.20. The highest BCUT2D eigenvalue weighted by atomic mass is 35.5. The third kappa shape index (κ3) is 3.80. The molecule has 0 saturated carbocycles. The van der Waals surface area contributed by atoms with Gasteiger partial charge < -0.3 is 9.64 Å². The second-order valence-corrected chi connectivity index (χ2v) is 5.49.